The molecule has 0 fully saturated rings. The zero-order valence-electron chi connectivity index (χ0n) is 9.52. The van der Waals surface area contributed by atoms with Gasteiger partial charge in [0.25, 0.3) is 5.56 Å². The lowest BCUT2D eigenvalue weighted by molar-refractivity contribution is 0.776. The highest BCUT2D eigenvalue weighted by atomic mass is 16.1. The molecule has 0 atom stereocenters. The molecule has 0 saturated heterocycles. The van der Waals surface area contributed by atoms with E-state index < -0.39 is 0 Å². The van der Waals surface area contributed by atoms with E-state index in [1.165, 1.54) is 12.5 Å². The van der Waals surface area contributed by atoms with Crippen molar-refractivity contribution in [2.75, 3.05) is 0 Å². The van der Waals surface area contributed by atoms with E-state index >= 15 is 0 Å². The van der Waals surface area contributed by atoms with Gasteiger partial charge in [-0.3, -0.25) is 4.79 Å². The Morgan fingerprint density at radius 3 is 2.78 bits per heavy atom. The third kappa shape index (κ3) is 1.86. The van der Waals surface area contributed by atoms with E-state index in [-0.39, 0.29) is 5.56 Å². The minimum absolute atomic E-state index is 0.274. The first-order valence-electron chi connectivity index (χ1n) is 5.55. The highest BCUT2D eigenvalue weighted by molar-refractivity contribution is 5.72. The van der Waals surface area contributed by atoms with Crippen molar-refractivity contribution in [3.63, 3.8) is 0 Å². The van der Waals surface area contributed by atoms with Crippen molar-refractivity contribution in [3.8, 4) is 0 Å². The van der Waals surface area contributed by atoms with Crippen molar-refractivity contribution >= 4 is 11.0 Å². The van der Waals surface area contributed by atoms with Crippen molar-refractivity contribution in [2.45, 2.75) is 6.54 Å². The molecule has 0 amide bonds. The van der Waals surface area contributed by atoms with Gasteiger partial charge >= 0.3 is 0 Å². The molecule has 5 heteroatoms. The number of benzene rings is 1. The highest BCUT2D eigenvalue weighted by Gasteiger charge is 2.05. The number of nitrogens with zero attached hydrogens (tertiary/aromatic N) is 4. The lowest BCUT2D eigenvalue weighted by Gasteiger charge is -2.07. The van der Waals surface area contributed by atoms with Crippen LogP contribution in [0, 0.1) is 0 Å². The Balaban J connectivity index is 2.13. The Kier molecular flexibility index (Phi) is 2.57. The number of hydrogen-bond acceptors (Lipinski definition) is 4. The standard InChI is InChI=1S/C13H10N4O/c18-13-11-6-7-15-16-12(11)17(9-14-13)8-10-4-2-1-3-5-10/h1-7,9H,8H2. The zero-order chi connectivity index (χ0) is 12.4. The quantitative estimate of drug-likeness (QED) is 0.673. The Labute approximate surface area is 103 Å². The molecule has 2 aromatic heterocycles. The van der Waals surface area contributed by atoms with Gasteiger partial charge in [0, 0.05) is 0 Å². The molecule has 0 radical (unpaired) electrons. The average molecular weight is 238 g/mol. The monoisotopic (exact) mass is 238 g/mol. The van der Waals surface area contributed by atoms with E-state index in [2.05, 4.69) is 15.2 Å². The third-order valence-corrected chi connectivity index (χ3v) is 2.71. The van der Waals surface area contributed by atoms with Crippen LogP contribution in [0.25, 0.3) is 11.0 Å². The average Bonchev–Trinajstić information content (AvgIpc) is 2.44. The fourth-order valence-electron chi connectivity index (χ4n) is 1.85. The van der Waals surface area contributed by atoms with E-state index in [9.17, 15) is 4.79 Å². The van der Waals surface area contributed by atoms with Gasteiger partial charge in [-0.15, -0.1) is 5.10 Å². The summed E-state index contributed by atoms with van der Waals surface area (Å²) in [6.07, 6.45) is 3.00. The van der Waals surface area contributed by atoms with Crippen LogP contribution in [-0.4, -0.2) is 19.7 Å². The molecule has 0 spiro atoms. The van der Waals surface area contributed by atoms with Gasteiger partial charge < -0.3 is 4.57 Å². The minimum Gasteiger partial charge on any atom is -0.310 e. The maximum atomic E-state index is 11.6. The third-order valence-electron chi connectivity index (χ3n) is 2.71. The van der Waals surface area contributed by atoms with Gasteiger partial charge in [0.05, 0.1) is 18.1 Å². The molecule has 0 aliphatic heterocycles. The van der Waals surface area contributed by atoms with E-state index in [0.29, 0.717) is 17.6 Å². The fraction of sp³-hybridized carbons (Fsp3) is 0.0769. The van der Waals surface area contributed by atoms with Gasteiger partial charge in [0.1, 0.15) is 6.33 Å². The van der Waals surface area contributed by atoms with Crippen LogP contribution < -0.4 is 5.56 Å². The van der Waals surface area contributed by atoms with Gasteiger partial charge in [-0.2, -0.15) is 10.1 Å². The van der Waals surface area contributed by atoms with E-state index in [1.807, 2.05) is 34.9 Å². The second-order valence-corrected chi connectivity index (χ2v) is 3.93. The van der Waals surface area contributed by atoms with E-state index in [1.54, 1.807) is 6.07 Å². The Hall–Kier alpha value is -2.56. The van der Waals surface area contributed by atoms with Crippen LogP contribution in [0.1, 0.15) is 5.56 Å². The van der Waals surface area contributed by atoms with Crippen LogP contribution in [0.5, 0.6) is 0 Å². The molecule has 0 saturated carbocycles. The second-order valence-electron chi connectivity index (χ2n) is 3.93. The van der Waals surface area contributed by atoms with Gasteiger partial charge in [-0.25, -0.2) is 0 Å². The zero-order valence-corrected chi connectivity index (χ0v) is 9.52. The summed E-state index contributed by atoms with van der Waals surface area (Å²) in [6.45, 7) is 0.614. The summed E-state index contributed by atoms with van der Waals surface area (Å²) in [5.41, 5.74) is 1.40. The lowest BCUT2D eigenvalue weighted by atomic mass is 10.2. The molecular formula is C13H10N4O. The van der Waals surface area contributed by atoms with Crippen molar-refractivity contribution < 1.29 is 0 Å². The molecule has 0 N–H and O–H groups in total. The molecule has 5 nitrogen and oxygen atoms in total. The maximum absolute atomic E-state index is 11.6. The SMILES string of the molecule is O=c1ncn(Cc2ccccc2)c2nnccc12. The number of fused-ring (bicyclic) bond motifs is 1. The number of hydrogen-bond donors (Lipinski definition) is 0. The summed E-state index contributed by atoms with van der Waals surface area (Å²) in [7, 11) is 0. The molecule has 88 valence electrons. The first kappa shape index (κ1) is 10.6. The molecule has 0 unspecified atom stereocenters. The van der Waals surface area contributed by atoms with Crippen LogP contribution >= 0.6 is 0 Å². The first-order chi connectivity index (χ1) is 8.84. The fourth-order valence-corrected chi connectivity index (χ4v) is 1.85. The van der Waals surface area contributed by atoms with Gasteiger partial charge in [-0.1, -0.05) is 30.3 Å². The second kappa shape index (κ2) is 4.37. The minimum atomic E-state index is -0.274. The predicted octanol–water partition coefficient (Wildman–Crippen LogP) is 1.23. The van der Waals surface area contributed by atoms with Crippen molar-refractivity contribution in [1.29, 1.82) is 0 Å². The van der Waals surface area contributed by atoms with Crippen LogP contribution in [0.15, 0.2) is 53.7 Å². The highest BCUT2D eigenvalue weighted by Crippen LogP contribution is 2.07. The normalized spacial score (nSPS) is 10.7. The molecule has 3 rings (SSSR count). The molecule has 18 heavy (non-hydrogen) atoms. The maximum Gasteiger partial charge on any atom is 0.282 e. The van der Waals surface area contributed by atoms with E-state index in [4.69, 9.17) is 0 Å². The van der Waals surface area contributed by atoms with Crippen LogP contribution in [0.4, 0.5) is 0 Å². The largest absolute Gasteiger partial charge is 0.310 e. The number of aromatic nitrogens is 4. The van der Waals surface area contributed by atoms with Crippen LogP contribution in [0.2, 0.25) is 0 Å². The molecular weight excluding hydrogens is 228 g/mol. The Bertz CT molecular complexity index is 737. The molecule has 0 bridgehead atoms. The topological polar surface area (TPSA) is 60.7 Å². The van der Waals surface area contributed by atoms with Gasteiger partial charge in [0.15, 0.2) is 5.65 Å². The van der Waals surface area contributed by atoms with Crippen LogP contribution in [0.3, 0.4) is 0 Å². The van der Waals surface area contributed by atoms with Crippen molar-refractivity contribution in [3.05, 3.63) is 64.8 Å². The Morgan fingerprint density at radius 1 is 1.11 bits per heavy atom. The summed E-state index contributed by atoms with van der Waals surface area (Å²) < 4.78 is 1.82. The van der Waals surface area contributed by atoms with Crippen molar-refractivity contribution in [2.24, 2.45) is 0 Å². The summed E-state index contributed by atoms with van der Waals surface area (Å²) in [5, 5.41) is 8.32. The molecule has 2 heterocycles. The predicted molar refractivity (Wildman–Crippen MR) is 67.1 cm³/mol. The summed E-state index contributed by atoms with van der Waals surface area (Å²) in [4.78, 5) is 15.4. The lowest BCUT2D eigenvalue weighted by Crippen LogP contribution is -2.14. The smallest absolute Gasteiger partial charge is 0.282 e. The van der Waals surface area contributed by atoms with Crippen molar-refractivity contribution in [1.82, 2.24) is 19.7 Å². The number of rotatable bonds is 2. The van der Waals surface area contributed by atoms with E-state index in [0.717, 1.165) is 5.56 Å². The summed E-state index contributed by atoms with van der Waals surface area (Å²) >= 11 is 0. The van der Waals surface area contributed by atoms with Gasteiger partial charge in [-0.05, 0) is 11.6 Å². The molecule has 1 aromatic carbocycles. The van der Waals surface area contributed by atoms with Crippen LogP contribution in [-0.2, 0) is 6.54 Å². The summed E-state index contributed by atoms with van der Waals surface area (Å²) in [6, 6.07) is 11.6. The van der Waals surface area contributed by atoms with Gasteiger partial charge in [0.2, 0.25) is 0 Å². The first-order valence-corrected chi connectivity index (χ1v) is 5.55. The Morgan fingerprint density at radius 2 is 1.94 bits per heavy atom. The summed E-state index contributed by atoms with van der Waals surface area (Å²) in [5.74, 6) is 0. The molecule has 3 aromatic rings. The molecule has 0 aliphatic carbocycles. The molecule has 0 aliphatic rings.